The molecule has 0 bridgehead atoms. The third-order valence-electron chi connectivity index (χ3n) is 2.55. The highest BCUT2D eigenvalue weighted by Gasteiger charge is 2.11. The zero-order chi connectivity index (χ0) is 12.8. The van der Waals surface area contributed by atoms with Gasteiger partial charge in [0, 0.05) is 6.54 Å². The summed E-state index contributed by atoms with van der Waals surface area (Å²) in [6.45, 7) is 3.32. The van der Waals surface area contributed by atoms with Crippen LogP contribution in [-0.4, -0.2) is 43.1 Å². The number of amides is 1. The van der Waals surface area contributed by atoms with Crippen molar-refractivity contribution in [1.29, 1.82) is 0 Å². The van der Waals surface area contributed by atoms with Gasteiger partial charge in [0.05, 0.1) is 5.56 Å². The molecule has 0 radical (unpaired) electrons. The van der Waals surface area contributed by atoms with Crippen molar-refractivity contribution in [2.75, 3.05) is 27.2 Å². The van der Waals surface area contributed by atoms with E-state index in [1.807, 2.05) is 14.1 Å². The molecule has 94 valence electrons. The molecule has 17 heavy (non-hydrogen) atoms. The number of para-hydroxylation sites is 1. The first kappa shape index (κ1) is 13.5. The van der Waals surface area contributed by atoms with Crippen molar-refractivity contribution in [3.05, 3.63) is 29.3 Å². The fourth-order valence-electron chi connectivity index (χ4n) is 1.53. The van der Waals surface area contributed by atoms with Crippen LogP contribution in [0.15, 0.2) is 18.2 Å². The Labute approximate surface area is 102 Å². The van der Waals surface area contributed by atoms with Crippen LogP contribution in [-0.2, 0) is 0 Å². The number of aromatic hydroxyl groups is 1. The predicted octanol–water partition coefficient (Wildman–Crippen LogP) is 1.38. The van der Waals surface area contributed by atoms with Crippen LogP contribution in [0.4, 0.5) is 0 Å². The van der Waals surface area contributed by atoms with E-state index < -0.39 is 0 Å². The lowest BCUT2D eigenvalue weighted by Gasteiger charge is -2.11. The molecule has 0 fully saturated rings. The molecule has 0 aliphatic heterocycles. The number of nitrogens with zero attached hydrogens (tertiary/aromatic N) is 1. The SMILES string of the molecule is Cc1cccc(C(=O)NCCCN(C)C)c1O. The van der Waals surface area contributed by atoms with E-state index in [1.54, 1.807) is 25.1 Å². The Morgan fingerprint density at radius 1 is 1.41 bits per heavy atom. The van der Waals surface area contributed by atoms with Crippen molar-refractivity contribution in [2.24, 2.45) is 0 Å². The summed E-state index contributed by atoms with van der Waals surface area (Å²) in [6.07, 6.45) is 0.894. The van der Waals surface area contributed by atoms with E-state index in [4.69, 9.17) is 0 Å². The second kappa shape index (κ2) is 6.25. The predicted molar refractivity (Wildman–Crippen MR) is 68.3 cm³/mol. The Bertz CT molecular complexity index is 389. The van der Waals surface area contributed by atoms with Gasteiger partial charge in [0.2, 0.25) is 0 Å². The van der Waals surface area contributed by atoms with Gasteiger partial charge in [-0.2, -0.15) is 0 Å². The summed E-state index contributed by atoms with van der Waals surface area (Å²) in [4.78, 5) is 13.8. The van der Waals surface area contributed by atoms with E-state index in [-0.39, 0.29) is 11.7 Å². The zero-order valence-corrected chi connectivity index (χ0v) is 10.7. The van der Waals surface area contributed by atoms with Gasteiger partial charge in [-0.3, -0.25) is 4.79 Å². The van der Waals surface area contributed by atoms with Gasteiger partial charge in [-0.1, -0.05) is 12.1 Å². The number of hydrogen-bond acceptors (Lipinski definition) is 3. The summed E-state index contributed by atoms with van der Waals surface area (Å²) in [5, 5.41) is 12.5. The molecule has 0 saturated carbocycles. The molecule has 0 aliphatic rings. The molecule has 0 spiro atoms. The molecule has 0 aromatic heterocycles. The number of phenolic OH excluding ortho intramolecular Hbond substituents is 1. The average Bonchev–Trinajstić information content (AvgIpc) is 2.27. The number of carbonyl (C=O) groups is 1. The van der Waals surface area contributed by atoms with Crippen molar-refractivity contribution in [2.45, 2.75) is 13.3 Å². The van der Waals surface area contributed by atoms with Gasteiger partial charge in [-0.15, -0.1) is 0 Å². The molecular weight excluding hydrogens is 216 g/mol. The van der Waals surface area contributed by atoms with Gasteiger partial charge >= 0.3 is 0 Å². The lowest BCUT2D eigenvalue weighted by atomic mass is 10.1. The Morgan fingerprint density at radius 3 is 2.76 bits per heavy atom. The van der Waals surface area contributed by atoms with E-state index in [9.17, 15) is 9.90 Å². The van der Waals surface area contributed by atoms with E-state index in [2.05, 4.69) is 10.2 Å². The number of phenols is 1. The molecule has 2 N–H and O–H groups in total. The van der Waals surface area contributed by atoms with Gasteiger partial charge in [0.25, 0.3) is 5.91 Å². The lowest BCUT2D eigenvalue weighted by molar-refractivity contribution is 0.0949. The minimum Gasteiger partial charge on any atom is -0.507 e. The summed E-state index contributed by atoms with van der Waals surface area (Å²) in [5.41, 5.74) is 1.06. The average molecular weight is 236 g/mol. The number of aryl methyl sites for hydroxylation is 1. The van der Waals surface area contributed by atoms with Gasteiger partial charge in [0.1, 0.15) is 5.75 Å². The fourth-order valence-corrected chi connectivity index (χ4v) is 1.53. The highest BCUT2D eigenvalue weighted by molar-refractivity contribution is 5.97. The summed E-state index contributed by atoms with van der Waals surface area (Å²) in [5.74, 6) is -0.150. The molecular formula is C13H20N2O2. The topological polar surface area (TPSA) is 52.6 Å². The largest absolute Gasteiger partial charge is 0.507 e. The van der Waals surface area contributed by atoms with Crippen LogP contribution >= 0.6 is 0 Å². The lowest BCUT2D eigenvalue weighted by Crippen LogP contribution is -2.27. The summed E-state index contributed by atoms with van der Waals surface area (Å²) >= 11 is 0. The van der Waals surface area contributed by atoms with Crippen LogP contribution in [0.5, 0.6) is 5.75 Å². The normalized spacial score (nSPS) is 10.6. The van der Waals surface area contributed by atoms with Crippen LogP contribution in [0.25, 0.3) is 0 Å². The summed E-state index contributed by atoms with van der Waals surface area (Å²) in [6, 6.07) is 5.17. The maximum Gasteiger partial charge on any atom is 0.255 e. The smallest absolute Gasteiger partial charge is 0.255 e. The number of rotatable bonds is 5. The van der Waals surface area contributed by atoms with E-state index in [1.165, 1.54) is 0 Å². The standard InChI is InChI=1S/C13H20N2O2/c1-10-6-4-7-11(12(10)16)13(17)14-8-5-9-15(2)3/h4,6-7,16H,5,8-9H2,1-3H3,(H,14,17). The second-order valence-electron chi connectivity index (χ2n) is 4.38. The van der Waals surface area contributed by atoms with Gasteiger partial charge in [-0.05, 0) is 45.6 Å². The van der Waals surface area contributed by atoms with E-state index in [0.29, 0.717) is 17.7 Å². The molecule has 0 unspecified atom stereocenters. The third-order valence-corrected chi connectivity index (χ3v) is 2.55. The van der Waals surface area contributed by atoms with Crippen LogP contribution in [0.2, 0.25) is 0 Å². The molecule has 1 aromatic rings. The van der Waals surface area contributed by atoms with Gasteiger partial charge in [0.15, 0.2) is 0 Å². The maximum absolute atomic E-state index is 11.8. The molecule has 4 nitrogen and oxygen atoms in total. The number of hydrogen-bond donors (Lipinski definition) is 2. The molecule has 1 amide bonds. The number of benzene rings is 1. The fraction of sp³-hybridized carbons (Fsp3) is 0.462. The van der Waals surface area contributed by atoms with Gasteiger partial charge in [-0.25, -0.2) is 0 Å². The molecule has 0 saturated heterocycles. The Morgan fingerprint density at radius 2 is 2.12 bits per heavy atom. The summed E-state index contributed by atoms with van der Waals surface area (Å²) < 4.78 is 0. The van der Waals surface area contributed by atoms with E-state index >= 15 is 0 Å². The molecule has 0 aliphatic carbocycles. The van der Waals surface area contributed by atoms with Crippen LogP contribution in [0.1, 0.15) is 22.3 Å². The summed E-state index contributed by atoms with van der Waals surface area (Å²) in [7, 11) is 3.99. The maximum atomic E-state index is 11.8. The zero-order valence-electron chi connectivity index (χ0n) is 10.7. The number of carbonyl (C=O) groups excluding carboxylic acids is 1. The van der Waals surface area contributed by atoms with Crippen molar-refractivity contribution in [3.63, 3.8) is 0 Å². The van der Waals surface area contributed by atoms with Crippen molar-refractivity contribution >= 4 is 5.91 Å². The Kier molecular flexibility index (Phi) is 4.97. The molecule has 4 heteroatoms. The molecule has 1 rings (SSSR count). The molecule has 0 atom stereocenters. The second-order valence-corrected chi connectivity index (χ2v) is 4.38. The first-order chi connectivity index (χ1) is 8.02. The molecule has 0 heterocycles. The minimum absolute atomic E-state index is 0.0672. The monoisotopic (exact) mass is 236 g/mol. The number of nitrogens with one attached hydrogen (secondary N) is 1. The van der Waals surface area contributed by atoms with Crippen molar-refractivity contribution in [1.82, 2.24) is 10.2 Å². The molecule has 1 aromatic carbocycles. The highest BCUT2D eigenvalue weighted by atomic mass is 16.3. The quantitative estimate of drug-likeness (QED) is 0.759. The van der Waals surface area contributed by atoms with Crippen molar-refractivity contribution in [3.8, 4) is 5.75 Å². The minimum atomic E-state index is -0.218. The first-order valence-electron chi connectivity index (χ1n) is 5.74. The van der Waals surface area contributed by atoms with Crippen LogP contribution in [0.3, 0.4) is 0 Å². The Balaban J connectivity index is 2.50. The Hall–Kier alpha value is -1.55. The third kappa shape index (κ3) is 4.07. The highest BCUT2D eigenvalue weighted by Crippen LogP contribution is 2.20. The first-order valence-corrected chi connectivity index (χ1v) is 5.74. The van der Waals surface area contributed by atoms with E-state index in [0.717, 1.165) is 13.0 Å². The van der Waals surface area contributed by atoms with Crippen LogP contribution < -0.4 is 5.32 Å². The van der Waals surface area contributed by atoms with Crippen LogP contribution in [0, 0.1) is 6.92 Å². The van der Waals surface area contributed by atoms with Crippen molar-refractivity contribution < 1.29 is 9.90 Å². The van der Waals surface area contributed by atoms with Gasteiger partial charge < -0.3 is 15.3 Å².